The van der Waals surface area contributed by atoms with Crippen LogP contribution in [0.5, 0.6) is 0 Å². The van der Waals surface area contributed by atoms with Crippen molar-refractivity contribution < 1.29 is 14.3 Å². The third-order valence-electron chi connectivity index (χ3n) is 3.78. The molecule has 0 spiro atoms. The van der Waals surface area contributed by atoms with Crippen molar-refractivity contribution in [3.05, 3.63) is 36.5 Å². The van der Waals surface area contributed by atoms with Crippen molar-refractivity contribution in [3.8, 4) is 0 Å². The number of hydrogen-bond acceptors (Lipinski definition) is 4. The molecule has 0 unspecified atom stereocenters. The first-order valence-corrected chi connectivity index (χ1v) is 8.75. The van der Waals surface area contributed by atoms with Gasteiger partial charge < -0.3 is 15.4 Å². The van der Waals surface area contributed by atoms with E-state index in [2.05, 4.69) is 15.6 Å². The second kappa shape index (κ2) is 10.3. The lowest BCUT2D eigenvalue weighted by molar-refractivity contribution is -0.143. The van der Waals surface area contributed by atoms with Gasteiger partial charge in [0.05, 0.1) is 17.8 Å². The molecule has 0 atom stereocenters. The molecule has 2 N–H and O–H groups in total. The molecule has 0 aliphatic heterocycles. The summed E-state index contributed by atoms with van der Waals surface area (Å²) in [7, 11) is 0. The van der Waals surface area contributed by atoms with E-state index in [1.807, 2.05) is 37.3 Å². The maximum Gasteiger partial charge on any atom is 0.319 e. The summed E-state index contributed by atoms with van der Waals surface area (Å²) in [6.45, 7) is 2.84. The van der Waals surface area contributed by atoms with Gasteiger partial charge in [-0.3, -0.25) is 9.78 Å². The lowest BCUT2D eigenvalue weighted by atomic mass is 10.1. The number of fused-ring (bicyclic) bond motifs is 1. The van der Waals surface area contributed by atoms with Crippen LogP contribution in [0.4, 0.5) is 10.5 Å². The Morgan fingerprint density at radius 2 is 1.88 bits per heavy atom. The fourth-order valence-electron chi connectivity index (χ4n) is 2.55. The first-order chi connectivity index (χ1) is 12.2. The zero-order valence-electron chi connectivity index (χ0n) is 14.6. The molecule has 0 aliphatic carbocycles. The van der Waals surface area contributed by atoms with Crippen molar-refractivity contribution in [2.45, 2.75) is 39.0 Å². The monoisotopic (exact) mass is 343 g/mol. The Balaban J connectivity index is 1.63. The Morgan fingerprint density at radius 1 is 1.08 bits per heavy atom. The van der Waals surface area contributed by atoms with Crippen LogP contribution in [-0.4, -0.2) is 30.1 Å². The van der Waals surface area contributed by atoms with Gasteiger partial charge in [0.25, 0.3) is 0 Å². The van der Waals surface area contributed by atoms with E-state index in [4.69, 9.17) is 4.74 Å². The van der Waals surface area contributed by atoms with Gasteiger partial charge in [-0.15, -0.1) is 0 Å². The maximum absolute atomic E-state index is 12.0. The molecular weight excluding hydrogens is 318 g/mol. The molecule has 6 heteroatoms. The highest BCUT2D eigenvalue weighted by molar-refractivity contribution is 5.99. The Kier molecular flexibility index (Phi) is 7.69. The number of nitrogens with one attached hydrogen (secondary N) is 2. The molecule has 1 aromatic carbocycles. The molecule has 0 saturated heterocycles. The van der Waals surface area contributed by atoms with Crippen molar-refractivity contribution in [2.24, 2.45) is 0 Å². The van der Waals surface area contributed by atoms with Crippen molar-refractivity contribution in [1.29, 1.82) is 0 Å². The lowest BCUT2D eigenvalue weighted by Gasteiger charge is -2.09. The highest BCUT2D eigenvalue weighted by atomic mass is 16.5. The Bertz CT molecular complexity index is 698. The number of esters is 1. The summed E-state index contributed by atoms with van der Waals surface area (Å²) in [6.07, 6.45) is 5.80. The topological polar surface area (TPSA) is 80.3 Å². The number of carbonyl (C=O) groups is 2. The summed E-state index contributed by atoms with van der Waals surface area (Å²) in [5.41, 5.74) is 1.48. The molecular formula is C19H25N3O3. The zero-order valence-corrected chi connectivity index (χ0v) is 14.6. The van der Waals surface area contributed by atoms with Gasteiger partial charge in [-0.1, -0.05) is 31.0 Å². The SMILES string of the molecule is CCOC(=O)CCCCCCNC(=O)Nc1cccc2cccnc12. The number of benzene rings is 1. The van der Waals surface area contributed by atoms with E-state index in [-0.39, 0.29) is 12.0 Å². The van der Waals surface area contributed by atoms with Crippen LogP contribution >= 0.6 is 0 Å². The van der Waals surface area contributed by atoms with Crippen LogP contribution < -0.4 is 10.6 Å². The number of amides is 2. The largest absolute Gasteiger partial charge is 0.466 e. The van der Waals surface area contributed by atoms with E-state index in [9.17, 15) is 9.59 Å². The first-order valence-electron chi connectivity index (χ1n) is 8.75. The molecule has 0 bridgehead atoms. The minimum atomic E-state index is -0.232. The molecule has 1 aromatic heterocycles. The number of rotatable bonds is 9. The minimum Gasteiger partial charge on any atom is -0.466 e. The molecule has 6 nitrogen and oxygen atoms in total. The average molecular weight is 343 g/mol. The number of aromatic nitrogens is 1. The van der Waals surface area contributed by atoms with Crippen molar-refractivity contribution in [1.82, 2.24) is 10.3 Å². The molecule has 2 amide bonds. The number of nitrogens with zero attached hydrogens (tertiary/aromatic N) is 1. The fourth-order valence-corrected chi connectivity index (χ4v) is 2.55. The summed E-state index contributed by atoms with van der Waals surface area (Å²) in [4.78, 5) is 27.5. The van der Waals surface area contributed by atoms with Gasteiger partial charge in [0.15, 0.2) is 0 Å². The van der Waals surface area contributed by atoms with Crippen LogP contribution in [0.1, 0.15) is 39.0 Å². The summed E-state index contributed by atoms with van der Waals surface area (Å²) in [5, 5.41) is 6.68. The molecule has 0 radical (unpaired) electrons. The summed E-state index contributed by atoms with van der Waals surface area (Å²) < 4.78 is 4.88. The van der Waals surface area contributed by atoms with Crippen molar-refractivity contribution in [3.63, 3.8) is 0 Å². The highest BCUT2D eigenvalue weighted by Crippen LogP contribution is 2.20. The number of pyridine rings is 1. The molecule has 2 aromatic rings. The number of carbonyl (C=O) groups excluding carboxylic acids is 2. The number of urea groups is 1. The summed E-state index contributed by atoms with van der Waals surface area (Å²) >= 11 is 0. The van der Waals surface area contributed by atoms with Gasteiger partial charge in [0.1, 0.15) is 0 Å². The lowest BCUT2D eigenvalue weighted by Crippen LogP contribution is -2.29. The van der Waals surface area contributed by atoms with Crippen molar-refractivity contribution in [2.75, 3.05) is 18.5 Å². The van der Waals surface area contributed by atoms with Gasteiger partial charge in [-0.2, -0.15) is 0 Å². The molecule has 0 aliphatic rings. The fraction of sp³-hybridized carbons (Fsp3) is 0.421. The Hall–Kier alpha value is -2.63. The number of unbranched alkanes of at least 4 members (excludes halogenated alkanes) is 3. The van der Waals surface area contributed by atoms with Gasteiger partial charge in [0, 0.05) is 24.5 Å². The van der Waals surface area contributed by atoms with Gasteiger partial charge in [0.2, 0.25) is 0 Å². The number of para-hydroxylation sites is 1. The molecule has 0 saturated carbocycles. The quantitative estimate of drug-likeness (QED) is 0.535. The van der Waals surface area contributed by atoms with E-state index in [1.54, 1.807) is 6.20 Å². The van der Waals surface area contributed by atoms with Crippen LogP contribution in [0.3, 0.4) is 0 Å². The maximum atomic E-state index is 12.0. The molecule has 2 rings (SSSR count). The summed E-state index contributed by atoms with van der Waals surface area (Å²) in [6, 6.07) is 9.29. The van der Waals surface area contributed by atoms with E-state index in [0.29, 0.717) is 25.3 Å². The number of ether oxygens (including phenoxy) is 1. The first kappa shape index (κ1) is 18.7. The Morgan fingerprint density at radius 3 is 2.72 bits per heavy atom. The van der Waals surface area contributed by atoms with Crippen LogP contribution in [-0.2, 0) is 9.53 Å². The van der Waals surface area contributed by atoms with Crippen LogP contribution in [0.2, 0.25) is 0 Å². The summed E-state index contributed by atoms with van der Waals surface area (Å²) in [5.74, 6) is -0.135. The molecule has 134 valence electrons. The average Bonchev–Trinajstić information content (AvgIpc) is 2.61. The van der Waals surface area contributed by atoms with Crippen LogP contribution in [0.15, 0.2) is 36.5 Å². The van der Waals surface area contributed by atoms with E-state index < -0.39 is 0 Å². The van der Waals surface area contributed by atoms with Gasteiger partial charge in [-0.05, 0) is 31.9 Å². The predicted octanol–water partition coefficient (Wildman–Crippen LogP) is 3.87. The molecule has 0 fully saturated rings. The molecule has 1 heterocycles. The second-order valence-electron chi connectivity index (χ2n) is 5.73. The van der Waals surface area contributed by atoms with E-state index in [1.165, 1.54) is 0 Å². The van der Waals surface area contributed by atoms with Gasteiger partial charge >= 0.3 is 12.0 Å². The standard InChI is InChI=1S/C19H25N3O3/c1-2-25-17(23)12-5-3-4-6-13-21-19(24)22-16-11-7-9-15-10-8-14-20-18(15)16/h7-11,14H,2-6,12-13H2,1H3,(H2,21,22,24). The number of hydrogen-bond donors (Lipinski definition) is 2. The highest BCUT2D eigenvalue weighted by Gasteiger charge is 2.06. The molecule has 25 heavy (non-hydrogen) atoms. The Labute approximate surface area is 148 Å². The second-order valence-corrected chi connectivity index (χ2v) is 5.73. The number of anilines is 1. The third kappa shape index (κ3) is 6.41. The third-order valence-corrected chi connectivity index (χ3v) is 3.78. The predicted molar refractivity (Wildman–Crippen MR) is 98.5 cm³/mol. The smallest absolute Gasteiger partial charge is 0.319 e. The van der Waals surface area contributed by atoms with Gasteiger partial charge in [-0.25, -0.2) is 4.79 Å². The van der Waals surface area contributed by atoms with E-state index >= 15 is 0 Å². The normalized spacial score (nSPS) is 10.4. The van der Waals surface area contributed by atoms with Crippen LogP contribution in [0, 0.1) is 0 Å². The van der Waals surface area contributed by atoms with E-state index in [0.717, 1.165) is 36.6 Å². The van der Waals surface area contributed by atoms with Crippen LogP contribution in [0.25, 0.3) is 10.9 Å². The minimum absolute atomic E-state index is 0.135. The van der Waals surface area contributed by atoms with Crippen molar-refractivity contribution >= 4 is 28.6 Å². The zero-order chi connectivity index (χ0) is 17.9.